The highest BCUT2D eigenvalue weighted by atomic mass is 35.5. The van der Waals surface area contributed by atoms with Crippen LogP contribution in [0.2, 0.25) is 5.02 Å². The summed E-state index contributed by atoms with van der Waals surface area (Å²) in [4.78, 5) is 15.4. The Morgan fingerprint density at radius 1 is 1.44 bits per heavy atom. The second-order valence-corrected chi connectivity index (χ2v) is 5.21. The molecule has 3 nitrogen and oxygen atoms in total. The zero-order chi connectivity index (χ0) is 13.0. The van der Waals surface area contributed by atoms with Crippen molar-refractivity contribution in [2.24, 2.45) is 5.92 Å². The minimum absolute atomic E-state index is 0.450. The lowest BCUT2D eigenvalue weighted by atomic mass is 9.95. The number of hydrogen-bond donors (Lipinski definition) is 1. The maximum absolute atomic E-state index is 11.3. The maximum atomic E-state index is 11.3. The quantitative estimate of drug-likeness (QED) is 0.915. The Morgan fingerprint density at radius 3 is 2.89 bits per heavy atom. The minimum Gasteiger partial charge on any atom is -0.481 e. The Balaban J connectivity index is 2.09. The van der Waals surface area contributed by atoms with E-state index in [1.807, 2.05) is 17.5 Å². The summed E-state index contributed by atoms with van der Waals surface area (Å²) in [5.41, 5.74) is 3.48. The number of carbonyl (C=O) groups is 1. The highest BCUT2D eigenvalue weighted by molar-refractivity contribution is 7.07. The van der Waals surface area contributed by atoms with Crippen LogP contribution in [0.1, 0.15) is 11.3 Å². The molecule has 1 unspecified atom stereocenters. The van der Waals surface area contributed by atoms with Gasteiger partial charge in [-0.1, -0.05) is 23.7 Å². The third-order valence-electron chi connectivity index (χ3n) is 2.66. The van der Waals surface area contributed by atoms with E-state index in [1.165, 1.54) is 11.3 Å². The Labute approximate surface area is 114 Å². The average molecular weight is 282 g/mol. The van der Waals surface area contributed by atoms with E-state index in [4.69, 9.17) is 11.6 Å². The number of carboxylic acid groups (broad SMARTS) is 1. The van der Waals surface area contributed by atoms with Crippen molar-refractivity contribution in [3.8, 4) is 0 Å². The van der Waals surface area contributed by atoms with Crippen molar-refractivity contribution in [2.75, 3.05) is 0 Å². The normalized spacial score (nSPS) is 12.3. The summed E-state index contributed by atoms with van der Waals surface area (Å²) in [7, 11) is 0. The molecule has 0 fully saturated rings. The summed E-state index contributed by atoms with van der Waals surface area (Å²) >= 11 is 7.37. The largest absolute Gasteiger partial charge is 0.481 e. The van der Waals surface area contributed by atoms with Crippen LogP contribution in [0.5, 0.6) is 0 Å². The van der Waals surface area contributed by atoms with Gasteiger partial charge in [-0.15, -0.1) is 11.3 Å². The molecule has 2 rings (SSSR count). The monoisotopic (exact) mass is 281 g/mol. The fourth-order valence-corrected chi connectivity index (χ4v) is 2.57. The molecule has 0 aliphatic carbocycles. The van der Waals surface area contributed by atoms with Gasteiger partial charge in [-0.3, -0.25) is 4.79 Å². The van der Waals surface area contributed by atoms with Crippen LogP contribution >= 0.6 is 22.9 Å². The summed E-state index contributed by atoms with van der Waals surface area (Å²) in [5.74, 6) is -1.27. The molecule has 1 aromatic heterocycles. The Hall–Kier alpha value is -1.39. The topological polar surface area (TPSA) is 50.2 Å². The fourth-order valence-electron chi connectivity index (χ4n) is 1.79. The van der Waals surface area contributed by atoms with Crippen molar-refractivity contribution >= 4 is 28.9 Å². The van der Waals surface area contributed by atoms with E-state index in [9.17, 15) is 9.90 Å². The van der Waals surface area contributed by atoms with Crippen LogP contribution in [0.15, 0.2) is 35.2 Å². The first-order valence-corrected chi connectivity index (χ1v) is 6.81. The summed E-state index contributed by atoms with van der Waals surface area (Å²) in [6, 6.07) is 7.31. The number of halogens is 1. The lowest BCUT2D eigenvalue weighted by Crippen LogP contribution is -2.19. The summed E-state index contributed by atoms with van der Waals surface area (Å²) in [6.45, 7) is 0. The van der Waals surface area contributed by atoms with Crippen LogP contribution in [-0.4, -0.2) is 16.1 Å². The molecule has 5 heteroatoms. The second-order valence-electron chi connectivity index (χ2n) is 4.05. The highest BCUT2D eigenvalue weighted by Gasteiger charge is 2.19. The molecular formula is C13H12ClNO2S. The number of aliphatic carboxylic acids is 1. The van der Waals surface area contributed by atoms with Crippen molar-refractivity contribution < 1.29 is 9.90 Å². The van der Waals surface area contributed by atoms with E-state index in [2.05, 4.69) is 4.98 Å². The van der Waals surface area contributed by atoms with Gasteiger partial charge in [0.05, 0.1) is 17.1 Å². The van der Waals surface area contributed by atoms with Crippen LogP contribution in [0.4, 0.5) is 0 Å². The lowest BCUT2D eigenvalue weighted by molar-refractivity contribution is -0.141. The molecule has 1 aromatic carbocycles. The molecule has 2 aromatic rings. The number of rotatable bonds is 5. The molecule has 1 N–H and O–H groups in total. The predicted octanol–water partition coefficient (Wildman–Crippen LogP) is 3.28. The number of nitrogens with zero attached hydrogens (tertiary/aromatic N) is 1. The number of carboxylic acids is 1. The molecule has 94 valence electrons. The summed E-state index contributed by atoms with van der Waals surface area (Å²) < 4.78 is 0. The van der Waals surface area contributed by atoms with Gasteiger partial charge in [-0.25, -0.2) is 4.98 Å². The SMILES string of the molecule is O=C(O)C(Cc1cccc(Cl)c1)Cc1cscn1. The second kappa shape index (κ2) is 5.98. The van der Waals surface area contributed by atoms with Crippen molar-refractivity contribution in [1.29, 1.82) is 0 Å². The van der Waals surface area contributed by atoms with Gasteiger partial charge in [0.15, 0.2) is 0 Å². The first kappa shape index (κ1) is 13.1. The van der Waals surface area contributed by atoms with Crippen molar-refractivity contribution in [2.45, 2.75) is 12.8 Å². The van der Waals surface area contributed by atoms with Crippen LogP contribution in [0.25, 0.3) is 0 Å². The van der Waals surface area contributed by atoms with E-state index in [1.54, 1.807) is 17.6 Å². The highest BCUT2D eigenvalue weighted by Crippen LogP contribution is 2.18. The molecule has 0 radical (unpaired) electrons. The van der Waals surface area contributed by atoms with E-state index in [-0.39, 0.29) is 0 Å². The molecule has 0 aliphatic heterocycles. The first-order valence-electron chi connectivity index (χ1n) is 5.49. The maximum Gasteiger partial charge on any atom is 0.307 e. The molecule has 0 bridgehead atoms. The van der Waals surface area contributed by atoms with E-state index in [0.717, 1.165) is 11.3 Å². The van der Waals surface area contributed by atoms with Crippen LogP contribution in [-0.2, 0) is 17.6 Å². The molecule has 18 heavy (non-hydrogen) atoms. The third-order valence-corrected chi connectivity index (χ3v) is 3.53. The predicted molar refractivity (Wildman–Crippen MR) is 72.1 cm³/mol. The average Bonchev–Trinajstić information content (AvgIpc) is 2.81. The van der Waals surface area contributed by atoms with Gasteiger partial charge in [0.1, 0.15) is 0 Å². The van der Waals surface area contributed by atoms with Gasteiger partial charge in [0.2, 0.25) is 0 Å². The van der Waals surface area contributed by atoms with Crippen LogP contribution in [0.3, 0.4) is 0 Å². The van der Waals surface area contributed by atoms with Gasteiger partial charge >= 0.3 is 5.97 Å². The third kappa shape index (κ3) is 3.55. The fraction of sp³-hybridized carbons (Fsp3) is 0.231. The van der Waals surface area contributed by atoms with Gasteiger partial charge in [-0.05, 0) is 24.1 Å². The number of benzene rings is 1. The van der Waals surface area contributed by atoms with Crippen molar-refractivity contribution in [1.82, 2.24) is 4.98 Å². The molecule has 0 aliphatic rings. The number of hydrogen-bond acceptors (Lipinski definition) is 3. The molecule has 0 spiro atoms. The van der Waals surface area contributed by atoms with Gasteiger partial charge in [0, 0.05) is 16.8 Å². The molecule has 0 amide bonds. The standard InChI is InChI=1S/C13H12ClNO2S/c14-11-3-1-2-9(5-11)4-10(13(16)17)6-12-7-18-8-15-12/h1-3,5,7-8,10H,4,6H2,(H,16,17). The smallest absolute Gasteiger partial charge is 0.307 e. The number of aromatic nitrogens is 1. The zero-order valence-corrected chi connectivity index (χ0v) is 11.1. The lowest BCUT2D eigenvalue weighted by Gasteiger charge is -2.11. The van der Waals surface area contributed by atoms with Gasteiger partial charge < -0.3 is 5.11 Å². The molecule has 0 saturated carbocycles. The molecule has 1 heterocycles. The van der Waals surface area contributed by atoms with Gasteiger partial charge in [-0.2, -0.15) is 0 Å². The van der Waals surface area contributed by atoms with Gasteiger partial charge in [0.25, 0.3) is 0 Å². The van der Waals surface area contributed by atoms with E-state index < -0.39 is 11.9 Å². The Morgan fingerprint density at radius 2 is 2.28 bits per heavy atom. The molecular weight excluding hydrogens is 270 g/mol. The number of thiazole rings is 1. The van der Waals surface area contributed by atoms with E-state index in [0.29, 0.717) is 17.9 Å². The molecule has 0 saturated heterocycles. The first-order chi connectivity index (χ1) is 8.65. The summed E-state index contributed by atoms with van der Waals surface area (Å²) in [6.07, 6.45) is 0.915. The van der Waals surface area contributed by atoms with Crippen LogP contribution < -0.4 is 0 Å². The zero-order valence-electron chi connectivity index (χ0n) is 9.54. The van der Waals surface area contributed by atoms with Crippen LogP contribution in [0, 0.1) is 5.92 Å². The Kier molecular flexibility index (Phi) is 4.33. The van der Waals surface area contributed by atoms with Crippen molar-refractivity contribution in [3.05, 3.63) is 51.4 Å². The Bertz CT molecular complexity index is 528. The van der Waals surface area contributed by atoms with E-state index >= 15 is 0 Å². The van der Waals surface area contributed by atoms with Crippen molar-refractivity contribution in [3.63, 3.8) is 0 Å². The molecule has 1 atom stereocenters. The summed E-state index contributed by atoms with van der Waals surface area (Å²) in [5, 5.41) is 11.8. The minimum atomic E-state index is -0.803.